The molecule has 3 rings (SSSR count). The van der Waals surface area contributed by atoms with E-state index >= 15 is 0 Å². The minimum Gasteiger partial charge on any atom is -0.489 e. The third-order valence-corrected chi connectivity index (χ3v) is 3.80. The molecule has 1 unspecified atom stereocenters. The molecule has 0 amide bonds. The van der Waals surface area contributed by atoms with Gasteiger partial charge in [-0.15, -0.1) is 0 Å². The first-order valence-electron chi connectivity index (χ1n) is 5.30. The van der Waals surface area contributed by atoms with Gasteiger partial charge in [0.15, 0.2) is 0 Å². The highest BCUT2D eigenvalue weighted by atomic mass is 79.9. The molecule has 1 saturated carbocycles. The Balaban J connectivity index is 2.08. The van der Waals surface area contributed by atoms with Gasteiger partial charge in [0.25, 0.3) is 0 Å². The van der Waals surface area contributed by atoms with Crippen molar-refractivity contribution in [2.75, 3.05) is 0 Å². The maximum atomic E-state index is 10.1. The molecule has 0 spiro atoms. The fourth-order valence-electron chi connectivity index (χ4n) is 2.16. The molecule has 15 heavy (non-hydrogen) atoms. The zero-order valence-corrected chi connectivity index (χ0v) is 10.2. The van der Waals surface area contributed by atoms with Crippen LogP contribution in [0.3, 0.4) is 0 Å². The van der Waals surface area contributed by atoms with Crippen LogP contribution in [-0.4, -0.2) is 11.2 Å². The predicted molar refractivity (Wildman–Crippen MR) is 61.1 cm³/mol. The minimum atomic E-state index is -0.552. The molecule has 1 aromatic rings. The lowest BCUT2D eigenvalue weighted by Crippen LogP contribution is -2.05. The van der Waals surface area contributed by atoms with Gasteiger partial charge in [-0.25, -0.2) is 0 Å². The Morgan fingerprint density at radius 3 is 2.87 bits per heavy atom. The van der Waals surface area contributed by atoms with Crippen LogP contribution in [0.15, 0.2) is 16.6 Å². The summed E-state index contributed by atoms with van der Waals surface area (Å²) in [6.07, 6.45) is 2.96. The molecule has 0 saturated heterocycles. The zero-order chi connectivity index (χ0) is 10.6. The highest BCUT2D eigenvalue weighted by Crippen LogP contribution is 2.48. The number of hydrogen-bond donors (Lipinski definition) is 1. The predicted octanol–water partition coefficient (Wildman–Crippen LogP) is 2.75. The Bertz CT molecular complexity index is 424. The molecule has 1 aliphatic carbocycles. The first-order valence-corrected chi connectivity index (χ1v) is 6.10. The highest BCUT2D eigenvalue weighted by molar-refractivity contribution is 9.10. The maximum Gasteiger partial charge on any atom is 0.137 e. The highest BCUT2D eigenvalue weighted by Gasteiger charge is 2.43. The van der Waals surface area contributed by atoms with Crippen molar-refractivity contribution >= 4 is 15.9 Å². The molecule has 0 radical (unpaired) electrons. The van der Waals surface area contributed by atoms with Crippen molar-refractivity contribution < 1.29 is 9.84 Å². The van der Waals surface area contributed by atoms with E-state index in [1.165, 1.54) is 5.56 Å². The molecule has 3 heteroatoms. The lowest BCUT2D eigenvalue weighted by molar-refractivity contribution is 0.151. The first-order chi connectivity index (χ1) is 7.08. The monoisotopic (exact) mass is 268 g/mol. The van der Waals surface area contributed by atoms with Crippen LogP contribution in [0.5, 0.6) is 5.75 Å². The third-order valence-electron chi connectivity index (χ3n) is 3.21. The van der Waals surface area contributed by atoms with Gasteiger partial charge in [0.1, 0.15) is 11.9 Å². The standard InChI is InChI=1S/C12H13BrO2/c1-7-4-8-5-9(12(14)2-3-12)6-10(13)11(8)15-7/h5-7,14H,2-4H2,1H3. The summed E-state index contributed by atoms with van der Waals surface area (Å²) in [6, 6.07) is 4.08. The van der Waals surface area contributed by atoms with Crippen LogP contribution < -0.4 is 4.74 Å². The second kappa shape index (κ2) is 2.98. The van der Waals surface area contributed by atoms with Gasteiger partial charge in [-0.05, 0) is 59.0 Å². The summed E-state index contributed by atoms with van der Waals surface area (Å²) in [4.78, 5) is 0. The van der Waals surface area contributed by atoms with Crippen LogP contribution in [0.2, 0.25) is 0 Å². The third kappa shape index (κ3) is 1.49. The van der Waals surface area contributed by atoms with E-state index in [1.54, 1.807) is 0 Å². The van der Waals surface area contributed by atoms with Gasteiger partial charge < -0.3 is 9.84 Å². The lowest BCUT2D eigenvalue weighted by Gasteiger charge is -2.11. The number of rotatable bonds is 1. The summed E-state index contributed by atoms with van der Waals surface area (Å²) in [5.41, 5.74) is 1.70. The maximum absolute atomic E-state index is 10.1. The van der Waals surface area contributed by atoms with E-state index in [-0.39, 0.29) is 6.10 Å². The molecule has 0 aromatic heterocycles. The van der Waals surface area contributed by atoms with E-state index < -0.39 is 5.60 Å². The van der Waals surface area contributed by atoms with E-state index in [9.17, 15) is 5.11 Å². The number of aliphatic hydroxyl groups is 1. The quantitative estimate of drug-likeness (QED) is 0.849. The molecule has 1 N–H and O–H groups in total. The summed E-state index contributed by atoms with van der Waals surface area (Å²) >= 11 is 3.51. The molecule has 1 atom stereocenters. The number of hydrogen-bond acceptors (Lipinski definition) is 2. The van der Waals surface area contributed by atoms with E-state index in [1.807, 2.05) is 6.07 Å². The van der Waals surface area contributed by atoms with E-state index in [2.05, 4.69) is 28.9 Å². The molecule has 1 heterocycles. The number of benzene rings is 1. The Kier molecular flexibility index (Phi) is 1.92. The van der Waals surface area contributed by atoms with Crippen LogP contribution in [-0.2, 0) is 12.0 Å². The normalized spacial score (nSPS) is 25.9. The van der Waals surface area contributed by atoms with Crippen LogP contribution in [0.1, 0.15) is 30.9 Å². The fourth-order valence-corrected chi connectivity index (χ4v) is 2.76. The first kappa shape index (κ1) is 9.67. The molecule has 2 aliphatic rings. The SMILES string of the molecule is CC1Cc2cc(C3(O)CC3)cc(Br)c2O1. The lowest BCUT2D eigenvalue weighted by atomic mass is 10.0. The van der Waals surface area contributed by atoms with Gasteiger partial charge in [-0.3, -0.25) is 0 Å². The summed E-state index contributed by atoms with van der Waals surface area (Å²) in [5.74, 6) is 0.954. The smallest absolute Gasteiger partial charge is 0.137 e. The van der Waals surface area contributed by atoms with Gasteiger partial charge >= 0.3 is 0 Å². The second-order valence-corrected chi connectivity index (χ2v) is 5.46. The molecular formula is C12H13BrO2. The number of halogens is 1. The largest absolute Gasteiger partial charge is 0.489 e. The van der Waals surface area contributed by atoms with Gasteiger partial charge in [0.05, 0.1) is 10.1 Å². The molecule has 0 bridgehead atoms. The Labute approximate surface area is 97.4 Å². The van der Waals surface area contributed by atoms with Crippen LogP contribution in [0.4, 0.5) is 0 Å². The Hall–Kier alpha value is -0.540. The summed E-state index contributed by atoms with van der Waals surface area (Å²) in [6.45, 7) is 2.07. The van der Waals surface area contributed by atoms with Crippen molar-refractivity contribution in [1.82, 2.24) is 0 Å². The molecule has 80 valence electrons. The van der Waals surface area contributed by atoms with E-state index in [0.717, 1.165) is 35.0 Å². The van der Waals surface area contributed by atoms with Gasteiger partial charge in [0.2, 0.25) is 0 Å². The molecular weight excluding hydrogens is 256 g/mol. The van der Waals surface area contributed by atoms with Crippen LogP contribution >= 0.6 is 15.9 Å². The van der Waals surface area contributed by atoms with Gasteiger partial charge in [-0.2, -0.15) is 0 Å². The summed E-state index contributed by atoms with van der Waals surface area (Å²) in [5, 5.41) is 10.1. The zero-order valence-electron chi connectivity index (χ0n) is 8.59. The number of fused-ring (bicyclic) bond motifs is 1. The molecule has 1 fully saturated rings. The van der Waals surface area contributed by atoms with Crippen molar-refractivity contribution in [1.29, 1.82) is 0 Å². The molecule has 1 aliphatic heterocycles. The fraction of sp³-hybridized carbons (Fsp3) is 0.500. The van der Waals surface area contributed by atoms with Crippen LogP contribution in [0.25, 0.3) is 0 Å². The van der Waals surface area contributed by atoms with Gasteiger partial charge in [-0.1, -0.05) is 0 Å². The van der Waals surface area contributed by atoms with E-state index in [0.29, 0.717) is 0 Å². The molecule has 2 nitrogen and oxygen atoms in total. The molecule has 1 aromatic carbocycles. The van der Waals surface area contributed by atoms with Crippen molar-refractivity contribution in [3.05, 3.63) is 27.7 Å². The van der Waals surface area contributed by atoms with Crippen molar-refractivity contribution in [3.63, 3.8) is 0 Å². The second-order valence-electron chi connectivity index (χ2n) is 4.61. The Morgan fingerprint density at radius 2 is 2.20 bits per heavy atom. The van der Waals surface area contributed by atoms with Crippen molar-refractivity contribution in [2.45, 2.75) is 37.9 Å². The Morgan fingerprint density at radius 1 is 1.47 bits per heavy atom. The van der Waals surface area contributed by atoms with Crippen molar-refractivity contribution in [2.24, 2.45) is 0 Å². The number of ether oxygens (including phenoxy) is 1. The average Bonchev–Trinajstić information content (AvgIpc) is 2.79. The minimum absolute atomic E-state index is 0.250. The summed E-state index contributed by atoms with van der Waals surface area (Å²) in [7, 11) is 0. The van der Waals surface area contributed by atoms with Crippen molar-refractivity contribution in [3.8, 4) is 5.75 Å². The topological polar surface area (TPSA) is 29.5 Å². The van der Waals surface area contributed by atoms with Crippen LogP contribution in [0, 0.1) is 0 Å². The van der Waals surface area contributed by atoms with Gasteiger partial charge in [0, 0.05) is 6.42 Å². The average molecular weight is 269 g/mol. The summed E-state index contributed by atoms with van der Waals surface area (Å²) < 4.78 is 6.67. The van der Waals surface area contributed by atoms with E-state index in [4.69, 9.17) is 4.74 Å².